The maximum Gasteiger partial charge on any atom is 0.411 e. The maximum atomic E-state index is 11.7. The van der Waals surface area contributed by atoms with E-state index >= 15 is 0 Å². The largest absolute Gasteiger partial charge is 0.744 e. The van der Waals surface area contributed by atoms with Gasteiger partial charge in [-0.25, -0.2) is 4.68 Å². The van der Waals surface area contributed by atoms with Crippen LogP contribution in [-0.4, -0.2) is 25.8 Å². The Kier molecular flexibility index (Phi) is 4.44. The van der Waals surface area contributed by atoms with E-state index in [0.29, 0.717) is 18.7 Å². The van der Waals surface area contributed by atoms with Gasteiger partial charge < -0.3 is 20.8 Å². The number of rotatable bonds is 5. The number of hydrogen-bond donors (Lipinski definition) is 3. The van der Waals surface area contributed by atoms with E-state index in [2.05, 4.69) is 15.4 Å². The van der Waals surface area contributed by atoms with Crippen LogP contribution in [0.3, 0.4) is 0 Å². The first-order chi connectivity index (χ1) is 10.0. The van der Waals surface area contributed by atoms with E-state index in [0.717, 1.165) is 0 Å². The quantitative estimate of drug-likeness (QED) is 0.672. The van der Waals surface area contributed by atoms with Crippen LogP contribution >= 0.6 is 0 Å². The summed E-state index contributed by atoms with van der Waals surface area (Å²) in [6, 6.07) is 6.26. The highest BCUT2D eigenvalue weighted by atomic mass is 16.8. The van der Waals surface area contributed by atoms with Gasteiger partial charge in [0.15, 0.2) is 0 Å². The van der Waals surface area contributed by atoms with Gasteiger partial charge >= 0.3 is 5.62 Å². The highest BCUT2D eigenvalue weighted by Crippen LogP contribution is 2.15. The topological polar surface area (TPSA) is 132 Å². The number of carbonyl (C=O) groups excluding carboxylic acids is 1. The smallest absolute Gasteiger partial charge is 0.411 e. The van der Waals surface area contributed by atoms with Gasteiger partial charge in [0.1, 0.15) is 5.75 Å². The molecular weight excluding hydrogens is 278 g/mol. The Bertz CT molecular complexity index is 687. The van der Waals surface area contributed by atoms with Gasteiger partial charge in [-0.1, -0.05) is 11.1 Å². The van der Waals surface area contributed by atoms with Gasteiger partial charge in [0.2, 0.25) is 12.2 Å². The third-order valence-electron chi connectivity index (χ3n) is 2.67. The van der Waals surface area contributed by atoms with E-state index < -0.39 is 4.90 Å². The predicted octanol–water partition coefficient (Wildman–Crippen LogP) is 0.103. The predicted molar refractivity (Wildman–Crippen MR) is 74.6 cm³/mol. The number of hydrogen-bond acceptors (Lipinski definition) is 5. The van der Waals surface area contributed by atoms with Gasteiger partial charge in [0.25, 0.3) is 0 Å². The number of aryl methyl sites for hydroxylation is 1. The maximum absolute atomic E-state index is 11.7. The first kappa shape index (κ1) is 14.4. The lowest BCUT2D eigenvalue weighted by Crippen LogP contribution is -2.23. The first-order valence-electron chi connectivity index (χ1n) is 6.22. The molecule has 0 fully saturated rings. The van der Waals surface area contributed by atoms with E-state index in [1.54, 1.807) is 12.1 Å². The molecule has 21 heavy (non-hydrogen) atoms. The van der Waals surface area contributed by atoms with Crippen molar-refractivity contribution in [2.75, 3.05) is 5.32 Å². The van der Waals surface area contributed by atoms with Crippen LogP contribution in [-0.2, 0) is 11.3 Å². The fraction of sp³-hybridized carbons (Fsp3) is 0.250. The van der Waals surface area contributed by atoms with Crippen LogP contribution in [0.5, 0.6) is 5.75 Å². The Morgan fingerprint density at radius 1 is 1.48 bits per heavy atom. The van der Waals surface area contributed by atoms with Crippen molar-refractivity contribution in [3.63, 3.8) is 0 Å². The lowest BCUT2D eigenvalue weighted by molar-refractivity contribution is -0.116. The summed E-state index contributed by atoms with van der Waals surface area (Å²) in [6.45, 7) is 0.411. The highest BCUT2D eigenvalue weighted by molar-refractivity contribution is 5.90. The van der Waals surface area contributed by atoms with Crippen molar-refractivity contribution in [3.8, 4) is 5.75 Å². The second-order valence-electron chi connectivity index (χ2n) is 4.33. The molecule has 2 aromatic rings. The molecule has 2 rings (SSSR count). The van der Waals surface area contributed by atoms with Crippen molar-refractivity contribution >= 4 is 11.6 Å². The number of aromatic hydroxyl groups is 1. The number of H-pyrrole nitrogens is 1. The summed E-state index contributed by atoms with van der Waals surface area (Å²) in [4.78, 5) is 14.6. The molecular formula is C12H14N5O4-. The van der Waals surface area contributed by atoms with E-state index in [1.165, 1.54) is 23.1 Å². The van der Waals surface area contributed by atoms with Gasteiger partial charge in [-0.2, -0.15) is 5.10 Å². The number of carbonyl (C=O) groups is 1. The molecule has 1 amide bonds. The summed E-state index contributed by atoms with van der Waals surface area (Å²) in [5.41, 5.74) is 0.184. The Balaban J connectivity index is 1.80. The van der Waals surface area contributed by atoms with Crippen molar-refractivity contribution in [2.45, 2.75) is 19.4 Å². The van der Waals surface area contributed by atoms with Crippen molar-refractivity contribution in [1.29, 1.82) is 0 Å². The van der Waals surface area contributed by atoms with Crippen LogP contribution in [0.4, 0.5) is 5.69 Å². The lowest BCUT2D eigenvalue weighted by Gasteiger charge is -2.08. The van der Waals surface area contributed by atoms with Crippen LogP contribution in [0, 0.1) is 10.4 Å². The molecule has 1 heterocycles. The Labute approximate surface area is 119 Å². The van der Waals surface area contributed by atoms with Crippen molar-refractivity contribution in [3.05, 3.63) is 46.6 Å². The summed E-state index contributed by atoms with van der Waals surface area (Å²) in [6.07, 6.45) is 2.05. The molecule has 0 aliphatic heterocycles. The number of phenolic OH excluding ortho intramolecular Hbond substituents is 1. The third kappa shape index (κ3) is 4.27. The molecule has 0 bridgehead atoms. The molecule has 112 valence electrons. The second-order valence-corrected chi connectivity index (χ2v) is 4.33. The molecule has 0 spiro atoms. The van der Waals surface area contributed by atoms with Crippen LogP contribution in [0.2, 0.25) is 0 Å². The fourth-order valence-corrected chi connectivity index (χ4v) is 1.73. The molecule has 3 N–H and O–H groups in total. The van der Waals surface area contributed by atoms with Gasteiger partial charge in [-0.3, -0.25) is 9.70 Å². The fourth-order valence-electron chi connectivity index (χ4n) is 1.73. The number of aromatic nitrogens is 3. The van der Waals surface area contributed by atoms with Gasteiger partial charge in [-0.15, -0.1) is 0 Å². The Morgan fingerprint density at radius 3 is 2.95 bits per heavy atom. The Hall–Kier alpha value is -2.97. The third-order valence-corrected chi connectivity index (χ3v) is 2.67. The summed E-state index contributed by atoms with van der Waals surface area (Å²) in [5.74, 6) is -0.122. The minimum Gasteiger partial charge on any atom is -0.744 e. The zero-order valence-corrected chi connectivity index (χ0v) is 11.0. The number of amides is 1. The highest BCUT2D eigenvalue weighted by Gasteiger charge is 2.04. The van der Waals surface area contributed by atoms with Crippen molar-refractivity contribution in [1.82, 2.24) is 19.7 Å². The minimum atomic E-state index is -0.620. The van der Waals surface area contributed by atoms with Crippen LogP contribution in [0.1, 0.15) is 12.8 Å². The average Bonchev–Trinajstić information content (AvgIpc) is 2.87. The molecule has 0 aliphatic rings. The molecule has 1 aromatic carbocycles. The van der Waals surface area contributed by atoms with E-state index in [1.807, 2.05) is 0 Å². The number of aromatic amines is 1. The summed E-state index contributed by atoms with van der Waals surface area (Å²) in [5, 5.41) is 35.3. The number of anilines is 1. The summed E-state index contributed by atoms with van der Waals surface area (Å²) < 4.78 is 1.44. The normalized spacial score (nSPS) is 10.3. The van der Waals surface area contributed by atoms with Gasteiger partial charge in [0.05, 0.1) is 6.54 Å². The lowest BCUT2D eigenvalue weighted by atomic mass is 10.2. The van der Waals surface area contributed by atoms with E-state index in [4.69, 9.17) is 0 Å². The molecule has 1 aromatic heterocycles. The molecule has 9 heteroatoms. The first-order valence-corrected chi connectivity index (χ1v) is 6.22. The number of nitrogens with one attached hydrogen (secondary N) is 2. The number of nitrogens with zero attached hydrogens (tertiary/aromatic N) is 3. The van der Waals surface area contributed by atoms with E-state index in [9.17, 15) is 20.3 Å². The van der Waals surface area contributed by atoms with E-state index in [-0.39, 0.29) is 23.7 Å². The zero-order chi connectivity index (χ0) is 15.2. The van der Waals surface area contributed by atoms with Crippen molar-refractivity contribution in [2.24, 2.45) is 0 Å². The molecule has 0 saturated heterocycles. The standard InChI is InChI=1S/C12H14N5O4/c18-10-4-1-3-9(7-10)14-11(19)5-2-6-16-8-13-12(15-16)17(20)21/h1,3-4,7-8,15H,2,5-6H2,(H2-,14,18,19,20,21)/q-1. The van der Waals surface area contributed by atoms with Crippen molar-refractivity contribution < 1.29 is 9.90 Å². The zero-order valence-electron chi connectivity index (χ0n) is 11.0. The molecule has 0 saturated carbocycles. The molecule has 0 radical (unpaired) electrons. The number of benzene rings is 1. The second kappa shape index (κ2) is 6.46. The summed E-state index contributed by atoms with van der Waals surface area (Å²) in [7, 11) is 0. The number of phenols is 1. The monoisotopic (exact) mass is 292 g/mol. The minimum absolute atomic E-state index is 0.0770. The molecule has 0 aliphatic carbocycles. The molecule has 9 nitrogen and oxygen atoms in total. The Morgan fingerprint density at radius 2 is 2.29 bits per heavy atom. The average molecular weight is 292 g/mol. The molecule has 0 unspecified atom stereocenters. The van der Waals surface area contributed by atoms with Gasteiger partial charge in [0, 0.05) is 18.2 Å². The van der Waals surface area contributed by atoms with Crippen LogP contribution < -0.4 is 15.8 Å². The van der Waals surface area contributed by atoms with Crippen LogP contribution in [0.25, 0.3) is 0 Å². The van der Waals surface area contributed by atoms with Crippen LogP contribution in [0.15, 0.2) is 30.6 Å². The summed E-state index contributed by atoms with van der Waals surface area (Å²) >= 11 is 0. The van der Waals surface area contributed by atoms with Gasteiger partial charge in [-0.05, 0) is 18.6 Å². The molecule has 0 atom stereocenters. The SMILES string of the molecule is O=C(CCCn1cnc(=[N+]([O-])[O-])[nH]1)Nc1cccc(O)c1.